The molecule has 20 heavy (non-hydrogen) atoms. The zero-order valence-electron chi connectivity index (χ0n) is 10.3. The second-order valence-electron chi connectivity index (χ2n) is 4.44. The van der Waals surface area contributed by atoms with Gasteiger partial charge in [0, 0.05) is 6.07 Å². The van der Waals surface area contributed by atoms with E-state index in [0.29, 0.717) is 17.6 Å². The first kappa shape index (κ1) is 12.9. The summed E-state index contributed by atoms with van der Waals surface area (Å²) in [5, 5.41) is 0.00364. The number of nitrogen functional groups attached to an aromatic ring is 1. The topological polar surface area (TPSA) is 43.8 Å². The molecule has 0 radical (unpaired) electrons. The number of imidazole rings is 1. The molecule has 0 saturated carbocycles. The van der Waals surface area contributed by atoms with E-state index in [-0.39, 0.29) is 16.8 Å². The van der Waals surface area contributed by atoms with Crippen LogP contribution in [0.1, 0.15) is 5.56 Å². The summed E-state index contributed by atoms with van der Waals surface area (Å²) in [7, 11) is 0. The van der Waals surface area contributed by atoms with Crippen LogP contribution in [0.2, 0.25) is 5.02 Å². The molecule has 102 valence electrons. The highest BCUT2D eigenvalue weighted by atomic mass is 35.5. The first-order chi connectivity index (χ1) is 9.54. The lowest BCUT2D eigenvalue weighted by Gasteiger charge is -2.07. The second kappa shape index (κ2) is 4.76. The normalized spacial score (nSPS) is 11.2. The zero-order chi connectivity index (χ0) is 14.3. The molecule has 0 amide bonds. The Balaban J connectivity index is 2.08. The van der Waals surface area contributed by atoms with Gasteiger partial charge in [-0.2, -0.15) is 0 Å². The maximum Gasteiger partial charge on any atom is 0.201 e. The molecular formula is C14H10ClF2N3. The van der Waals surface area contributed by atoms with Gasteiger partial charge in [0.15, 0.2) is 0 Å². The van der Waals surface area contributed by atoms with E-state index in [1.165, 1.54) is 24.3 Å². The molecule has 0 spiro atoms. The van der Waals surface area contributed by atoms with E-state index in [0.717, 1.165) is 5.56 Å². The van der Waals surface area contributed by atoms with Crippen molar-refractivity contribution in [1.82, 2.24) is 9.55 Å². The van der Waals surface area contributed by atoms with Crippen molar-refractivity contribution < 1.29 is 8.78 Å². The first-order valence-corrected chi connectivity index (χ1v) is 6.27. The number of nitrogens with two attached hydrogens (primary N) is 1. The number of fused-ring (bicyclic) bond motifs is 1. The van der Waals surface area contributed by atoms with Gasteiger partial charge in [-0.05, 0) is 23.8 Å². The fraction of sp³-hybridized carbons (Fsp3) is 0.0714. The van der Waals surface area contributed by atoms with Crippen LogP contribution >= 0.6 is 11.6 Å². The fourth-order valence-corrected chi connectivity index (χ4v) is 2.24. The Labute approximate surface area is 118 Å². The molecule has 0 aliphatic rings. The number of nitrogens with zero attached hydrogens (tertiary/aromatic N) is 2. The Morgan fingerprint density at radius 1 is 1.15 bits per heavy atom. The van der Waals surface area contributed by atoms with Crippen LogP contribution in [-0.4, -0.2) is 9.55 Å². The minimum Gasteiger partial charge on any atom is -0.369 e. The van der Waals surface area contributed by atoms with Crippen LogP contribution in [0.15, 0.2) is 36.4 Å². The third-order valence-electron chi connectivity index (χ3n) is 3.07. The Morgan fingerprint density at radius 3 is 2.55 bits per heavy atom. The largest absolute Gasteiger partial charge is 0.369 e. The zero-order valence-corrected chi connectivity index (χ0v) is 11.0. The van der Waals surface area contributed by atoms with Crippen molar-refractivity contribution in [3.8, 4) is 0 Å². The van der Waals surface area contributed by atoms with Crippen LogP contribution in [0.4, 0.5) is 14.7 Å². The lowest BCUT2D eigenvalue weighted by atomic mass is 10.2. The highest BCUT2D eigenvalue weighted by Crippen LogP contribution is 2.25. The van der Waals surface area contributed by atoms with E-state index >= 15 is 0 Å². The quantitative estimate of drug-likeness (QED) is 0.784. The maximum absolute atomic E-state index is 13.6. The summed E-state index contributed by atoms with van der Waals surface area (Å²) in [6, 6.07) is 8.75. The van der Waals surface area contributed by atoms with Gasteiger partial charge in [-0.3, -0.25) is 0 Å². The van der Waals surface area contributed by atoms with Gasteiger partial charge in [-0.15, -0.1) is 0 Å². The van der Waals surface area contributed by atoms with E-state index in [2.05, 4.69) is 4.98 Å². The van der Waals surface area contributed by atoms with E-state index < -0.39 is 5.82 Å². The average molecular weight is 294 g/mol. The van der Waals surface area contributed by atoms with Gasteiger partial charge in [-0.25, -0.2) is 13.8 Å². The predicted octanol–water partition coefficient (Wildman–Crippen LogP) is 3.60. The molecule has 3 nitrogen and oxygen atoms in total. The molecule has 1 heterocycles. The molecule has 6 heteroatoms. The second-order valence-corrected chi connectivity index (χ2v) is 4.84. The van der Waals surface area contributed by atoms with Crippen molar-refractivity contribution in [2.75, 3.05) is 5.73 Å². The minimum absolute atomic E-state index is 0.00364. The Morgan fingerprint density at radius 2 is 1.85 bits per heavy atom. The van der Waals surface area contributed by atoms with Crippen LogP contribution < -0.4 is 5.73 Å². The lowest BCUT2D eigenvalue weighted by molar-refractivity contribution is 0.626. The van der Waals surface area contributed by atoms with Gasteiger partial charge in [0.25, 0.3) is 0 Å². The van der Waals surface area contributed by atoms with Crippen LogP contribution in [0.5, 0.6) is 0 Å². The highest BCUT2D eigenvalue weighted by molar-refractivity contribution is 6.31. The van der Waals surface area contributed by atoms with Gasteiger partial charge in [0.2, 0.25) is 5.95 Å². The molecule has 0 aliphatic carbocycles. The summed E-state index contributed by atoms with van der Waals surface area (Å²) >= 11 is 5.72. The average Bonchev–Trinajstić information content (AvgIpc) is 2.69. The maximum atomic E-state index is 13.6. The Bertz CT molecular complexity index is 781. The lowest BCUT2D eigenvalue weighted by Crippen LogP contribution is -2.04. The van der Waals surface area contributed by atoms with Crippen molar-refractivity contribution in [3.05, 3.63) is 58.6 Å². The van der Waals surface area contributed by atoms with Crippen LogP contribution in [0.3, 0.4) is 0 Å². The van der Waals surface area contributed by atoms with E-state index in [1.54, 1.807) is 16.7 Å². The van der Waals surface area contributed by atoms with Crippen molar-refractivity contribution in [2.24, 2.45) is 0 Å². The minimum atomic E-state index is -0.528. The van der Waals surface area contributed by atoms with Crippen LogP contribution in [0.25, 0.3) is 11.0 Å². The van der Waals surface area contributed by atoms with Crippen molar-refractivity contribution in [2.45, 2.75) is 6.54 Å². The molecule has 0 atom stereocenters. The SMILES string of the molecule is Nc1nc2cc(Cl)c(F)cc2n1Cc1ccc(F)cc1. The number of rotatable bonds is 2. The fourth-order valence-electron chi connectivity index (χ4n) is 2.08. The molecule has 2 N–H and O–H groups in total. The van der Waals surface area contributed by atoms with Crippen molar-refractivity contribution in [1.29, 1.82) is 0 Å². The highest BCUT2D eigenvalue weighted by Gasteiger charge is 2.12. The number of benzene rings is 2. The van der Waals surface area contributed by atoms with Gasteiger partial charge in [-0.1, -0.05) is 23.7 Å². The number of aromatic nitrogens is 2. The van der Waals surface area contributed by atoms with Gasteiger partial charge < -0.3 is 10.3 Å². The summed E-state index contributed by atoms with van der Waals surface area (Å²) in [4.78, 5) is 4.14. The number of hydrogen-bond acceptors (Lipinski definition) is 2. The van der Waals surface area contributed by atoms with E-state index in [9.17, 15) is 8.78 Å². The number of anilines is 1. The molecule has 3 aromatic rings. The van der Waals surface area contributed by atoms with Crippen molar-refractivity contribution in [3.63, 3.8) is 0 Å². The van der Waals surface area contributed by atoms with Crippen LogP contribution in [0, 0.1) is 11.6 Å². The molecule has 3 rings (SSSR count). The molecule has 0 unspecified atom stereocenters. The Kier molecular flexibility index (Phi) is 3.06. The molecule has 0 aliphatic heterocycles. The standard InChI is InChI=1S/C14H10ClF2N3/c15-10-5-12-13(6-11(10)17)20(14(18)19-12)7-8-1-3-9(16)4-2-8/h1-6H,7H2,(H2,18,19). The summed E-state index contributed by atoms with van der Waals surface area (Å²) in [6.07, 6.45) is 0. The van der Waals surface area contributed by atoms with Crippen molar-refractivity contribution >= 4 is 28.6 Å². The molecule has 1 aromatic heterocycles. The van der Waals surface area contributed by atoms with E-state index in [1.807, 2.05) is 0 Å². The number of halogens is 3. The summed E-state index contributed by atoms with van der Waals surface area (Å²) in [5.41, 5.74) is 7.76. The first-order valence-electron chi connectivity index (χ1n) is 5.90. The third kappa shape index (κ3) is 2.20. The van der Waals surface area contributed by atoms with Gasteiger partial charge in [0.1, 0.15) is 11.6 Å². The Hall–Kier alpha value is -2.14. The number of hydrogen-bond donors (Lipinski definition) is 1. The smallest absolute Gasteiger partial charge is 0.201 e. The third-order valence-corrected chi connectivity index (χ3v) is 3.36. The molecule has 0 fully saturated rings. The van der Waals surface area contributed by atoms with Gasteiger partial charge >= 0.3 is 0 Å². The predicted molar refractivity (Wildman–Crippen MR) is 74.6 cm³/mol. The van der Waals surface area contributed by atoms with E-state index in [4.69, 9.17) is 17.3 Å². The summed E-state index contributed by atoms with van der Waals surface area (Å²) in [5.74, 6) is -0.583. The van der Waals surface area contributed by atoms with Crippen LogP contribution in [-0.2, 0) is 6.54 Å². The monoisotopic (exact) mass is 293 g/mol. The summed E-state index contributed by atoms with van der Waals surface area (Å²) < 4.78 is 28.1. The molecule has 2 aromatic carbocycles. The van der Waals surface area contributed by atoms with Gasteiger partial charge in [0.05, 0.1) is 22.6 Å². The molecule has 0 bridgehead atoms. The molecular weight excluding hydrogens is 284 g/mol. The molecule has 0 saturated heterocycles. The summed E-state index contributed by atoms with van der Waals surface area (Å²) in [6.45, 7) is 0.379.